The second kappa shape index (κ2) is 6.30. The van der Waals surface area contributed by atoms with Crippen LogP contribution in [0.15, 0.2) is 24.3 Å². The molecule has 1 aromatic carbocycles. The molecule has 0 saturated heterocycles. The Hall–Kier alpha value is -0.820. The Balaban J connectivity index is 1.76. The van der Waals surface area contributed by atoms with Gasteiger partial charge in [-0.15, -0.1) is 0 Å². The Kier molecular flexibility index (Phi) is 4.45. The molecule has 0 spiro atoms. The lowest BCUT2D eigenvalue weighted by Crippen LogP contribution is -2.42. The molecule has 4 unspecified atom stereocenters. The molecule has 0 aromatic heterocycles. The fraction of sp³-hybridized carbons (Fsp3) is 0.684. The summed E-state index contributed by atoms with van der Waals surface area (Å²) in [6.45, 7) is 4.88. The molecule has 110 valence electrons. The largest absolute Gasteiger partial charge is 0.307 e. The van der Waals surface area contributed by atoms with Gasteiger partial charge in [0.05, 0.1) is 0 Å². The first-order valence-corrected chi connectivity index (χ1v) is 8.59. The standard InChI is InChI=1S/C19H29N/c1-14-8-7-13-18(15(14)2)20-19-12-6-4-10-16-9-3-5-11-17(16)19/h3,5,9,11,14-15,18-20H,4,6-8,10,12-13H2,1-2H3. The lowest BCUT2D eigenvalue weighted by atomic mass is 9.77. The molecule has 1 fully saturated rings. The maximum atomic E-state index is 4.03. The van der Waals surface area contributed by atoms with Crippen molar-refractivity contribution in [1.82, 2.24) is 5.32 Å². The molecule has 20 heavy (non-hydrogen) atoms. The number of benzene rings is 1. The van der Waals surface area contributed by atoms with E-state index in [0.29, 0.717) is 6.04 Å². The highest BCUT2D eigenvalue weighted by atomic mass is 15.0. The van der Waals surface area contributed by atoms with Gasteiger partial charge < -0.3 is 5.32 Å². The number of fused-ring (bicyclic) bond motifs is 1. The summed E-state index contributed by atoms with van der Waals surface area (Å²) in [6, 6.07) is 10.4. The Morgan fingerprint density at radius 1 is 0.950 bits per heavy atom. The van der Waals surface area contributed by atoms with Crippen molar-refractivity contribution in [2.75, 3.05) is 0 Å². The van der Waals surface area contributed by atoms with E-state index >= 15 is 0 Å². The Labute approximate surface area is 124 Å². The van der Waals surface area contributed by atoms with Crippen LogP contribution in [0, 0.1) is 11.8 Å². The van der Waals surface area contributed by atoms with Crippen LogP contribution in [0.25, 0.3) is 0 Å². The minimum atomic E-state index is 0.589. The molecular weight excluding hydrogens is 242 g/mol. The lowest BCUT2D eigenvalue weighted by molar-refractivity contribution is 0.191. The van der Waals surface area contributed by atoms with E-state index in [4.69, 9.17) is 0 Å². The van der Waals surface area contributed by atoms with Gasteiger partial charge in [-0.05, 0) is 48.6 Å². The van der Waals surface area contributed by atoms with E-state index in [9.17, 15) is 0 Å². The molecule has 1 saturated carbocycles. The van der Waals surface area contributed by atoms with E-state index in [1.165, 1.54) is 44.9 Å². The number of rotatable bonds is 2. The average molecular weight is 271 g/mol. The highest BCUT2D eigenvalue weighted by molar-refractivity contribution is 5.31. The third-order valence-corrected chi connectivity index (χ3v) is 5.74. The normalized spacial score (nSPS) is 34.3. The SMILES string of the molecule is CC1CCCC(NC2CCCCc3ccccc32)C1C. The first kappa shape index (κ1) is 14.1. The quantitative estimate of drug-likeness (QED) is 0.757. The second-order valence-corrected chi connectivity index (χ2v) is 7.04. The molecule has 0 radical (unpaired) electrons. The van der Waals surface area contributed by atoms with Crippen LogP contribution in [0.3, 0.4) is 0 Å². The summed E-state index contributed by atoms with van der Waals surface area (Å²) < 4.78 is 0. The van der Waals surface area contributed by atoms with Crippen LogP contribution in [0.5, 0.6) is 0 Å². The monoisotopic (exact) mass is 271 g/mol. The Bertz CT molecular complexity index is 439. The maximum Gasteiger partial charge on any atom is 0.0325 e. The van der Waals surface area contributed by atoms with Crippen molar-refractivity contribution in [1.29, 1.82) is 0 Å². The van der Waals surface area contributed by atoms with E-state index in [-0.39, 0.29) is 0 Å². The van der Waals surface area contributed by atoms with Crippen molar-refractivity contribution in [3.05, 3.63) is 35.4 Å². The number of nitrogens with one attached hydrogen (secondary N) is 1. The minimum absolute atomic E-state index is 0.589. The van der Waals surface area contributed by atoms with Gasteiger partial charge in [-0.3, -0.25) is 0 Å². The van der Waals surface area contributed by atoms with Gasteiger partial charge in [0.25, 0.3) is 0 Å². The third-order valence-electron chi connectivity index (χ3n) is 5.74. The van der Waals surface area contributed by atoms with Crippen molar-refractivity contribution in [2.24, 2.45) is 11.8 Å². The average Bonchev–Trinajstić information content (AvgIpc) is 2.67. The first-order chi connectivity index (χ1) is 9.75. The zero-order chi connectivity index (χ0) is 13.9. The summed E-state index contributed by atoms with van der Waals surface area (Å²) >= 11 is 0. The van der Waals surface area contributed by atoms with Crippen LogP contribution in [-0.4, -0.2) is 6.04 Å². The molecule has 0 heterocycles. The van der Waals surface area contributed by atoms with E-state index in [1.807, 2.05) is 0 Å². The number of hydrogen-bond donors (Lipinski definition) is 1. The van der Waals surface area contributed by atoms with Crippen LogP contribution < -0.4 is 5.32 Å². The molecule has 4 atom stereocenters. The molecule has 2 aliphatic rings. The van der Waals surface area contributed by atoms with Gasteiger partial charge in [-0.25, -0.2) is 0 Å². The summed E-state index contributed by atoms with van der Waals surface area (Å²) in [5.74, 6) is 1.70. The summed E-state index contributed by atoms with van der Waals surface area (Å²) in [6.07, 6.45) is 9.48. The van der Waals surface area contributed by atoms with Crippen LogP contribution in [-0.2, 0) is 6.42 Å². The first-order valence-electron chi connectivity index (χ1n) is 8.59. The predicted octanol–water partition coefficient (Wildman–Crippen LogP) is 4.87. The Morgan fingerprint density at radius 2 is 1.80 bits per heavy atom. The van der Waals surface area contributed by atoms with Crippen molar-refractivity contribution in [2.45, 2.75) is 70.9 Å². The molecule has 0 aliphatic heterocycles. The highest BCUT2D eigenvalue weighted by Gasteiger charge is 2.29. The van der Waals surface area contributed by atoms with E-state index in [2.05, 4.69) is 43.4 Å². The lowest BCUT2D eigenvalue weighted by Gasteiger charge is -2.37. The van der Waals surface area contributed by atoms with Crippen molar-refractivity contribution < 1.29 is 0 Å². The molecule has 0 amide bonds. The topological polar surface area (TPSA) is 12.0 Å². The molecule has 0 bridgehead atoms. The highest BCUT2D eigenvalue weighted by Crippen LogP contribution is 2.34. The molecule has 1 aromatic rings. The van der Waals surface area contributed by atoms with E-state index < -0.39 is 0 Å². The van der Waals surface area contributed by atoms with Crippen molar-refractivity contribution in [3.63, 3.8) is 0 Å². The zero-order valence-electron chi connectivity index (χ0n) is 13.1. The van der Waals surface area contributed by atoms with Crippen molar-refractivity contribution >= 4 is 0 Å². The third kappa shape index (κ3) is 2.93. The fourth-order valence-corrected chi connectivity index (χ4v) is 4.17. The van der Waals surface area contributed by atoms with Crippen LogP contribution in [0.2, 0.25) is 0 Å². The van der Waals surface area contributed by atoms with Gasteiger partial charge >= 0.3 is 0 Å². The summed E-state index contributed by atoms with van der Waals surface area (Å²) in [4.78, 5) is 0. The summed E-state index contributed by atoms with van der Waals surface area (Å²) in [5, 5.41) is 4.03. The Morgan fingerprint density at radius 3 is 2.70 bits per heavy atom. The summed E-state index contributed by atoms with van der Waals surface area (Å²) in [7, 11) is 0. The molecular formula is C19H29N. The smallest absolute Gasteiger partial charge is 0.0325 e. The predicted molar refractivity (Wildman–Crippen MR) is 85.8 cm³/mol. The van der Waals surface area contributed by atoms with Gasteiger partial charge in [-0.1, -0.05) is 57.4 Å². The van der Waals surface area contributed by atoms with E-state index in [1.54, 1.807) is 11.1 Å². The van der Waals surface area contributed by atoms with Crippen LogP contribution in [0.1, 0.15) is 69.5 Å². The molecule has 1 N–H and O–H groups in total. The van der Waals surface area contributed by atoms with Gasteiger partial charge in [-0.2, -0.15) is 0 Å². The minimum Gasteiger partial charge on any atom is -0.307 e. The molecule has 1 nitrogen and oxygen atoms in total. The fourth-order valence-electron chi connectivity index (χ4n) is 4.17. The van der Waals surface area contributed by atoms with Crippen LogP contribution in [0.4, 0.5) is 0 Å². The molecule has 2 aliphatic carbocycles. The van der Waals surface area contributed by atoms with Gasteiger partial charge in [0.2, 0.25) is 0 Å². The molecule has 3 rings (SSSR count). The van der Waals surface area contributed by atoms with Gasteiger partial charge in [0, 0.05) is 12.1 Å². The molecule has 1 heteroatoms. The number of hydrogen-bond acceptors (Lipinski definition) is 1. The number of aryl methyl sites for hydroxylation is 1. The van der Waals surface area contributed by atoms with E-state index in [0.717, 1.165) is 17.9 Å². The van der Waals surface area contributed by atoms with Crippen LogP contribution >= 0.6 is 0 Å². The van der Waals surface area contributed by atoms with Gasteiger partial charge in [0.15, 0.2) is 0 Å². The van der Waals surface area contributed by atoms with Gasteiger partial charge in [0.1, 0.15) is 0 Å². The summed E-state index contributed by atoms with van der Waals surface area (Å²) in [5.41, 5.74) is 3.16. The zero-order valence-corrected chi connectivity index (χ0v) is 13.1. The maximum absolute atomic E-state index is 4.03. The van der Waals surface area contributed by atoms with Crippen molar-refractivity contribution in [3.8, 4) is 0 Å². The second-order valence-electron chi connectivity index (χ2n) is 7.04.